The summed E-state index contributed by atoms with van der Waals surface area (Å²) in [6, 6.07) is 1.47. The Labute approximate surface area is 118 Å². The summed E-state index contributed by atoms with van der Waals surface area (Å²) in [5.41, 5.74) is -0.635. The first-order chi connectivity index (χ1) is 9.31. The van der Waals surface area contributed by atoms with E-state index in [1.165, 1.54) is 7.05 Å². The van der Waals surface area contributed by atoms with Gasteiger partial charge in [0.15, 0.2) is 5.82 Å². The Kier molecular flexibility index (Phi) is 5.61. The average molecular weight is 307 g/mol. The van der Waals surface area contributed by atoms with Gasteiger partial charge in [-0.05, 0) is 25.0 Å². The average Bonchev–Trinajstić information content (AvgIpc) is 2.40. The van der Waals surface area contributed by atoms with E-state index in [2.05, 4.69) is 0 Å². The minimum absolute atomic E-state index is 0.262. The third-order valence-corrected chi connectivity index (χ3v) is 5.35. The molecule has 0 aromatic heterocycles. The van der Waals surface area contributed by atoms with Gasteiger partial charge in [-0.25, -0.2) is 17.2 Å². The lowest BCUT2D eigenvalue weighted by atomic mass is 10.2. The van der Waals surface area contributed by atoms with Crippen molar-refractivity contribution in [1.29, 1.82) is 0 Å². The van der Waals surface area contributed by atoms with Gasteiger partial charge in [-0.3, -0.25) is 0 Å². The molecule has 0 unspecified atom stereocenters. The molecule has 0 aliphatic heterocycles. The van der Waals surface area contributed by atoms with Crippen LogP contribution in [0.4, 0.5) is 8.78 Å². The molecule has 0 radical (unpaired) electrons. The number of nitrogens with zero attached hydrogens (tertiary/aromatic N) is 1. The summed E-state index contributed by atoms with van der Waals surface area (Å²) in [6.07, 6.45) is 1.17. The van der Waals surface area contributed by atoms with E-state index >= 15 is 0 Å². The molecule has 0 spiro atoms. The second-order valence-electron chi connectivity index (χ2n) is 4.49. The van der Waals surface area contributed by atoms with Crippen LogP contribution in [0.15, 0.2) is 17.0 Å². The summed E-state index contributed by atoms with van der Waals surface area (Å²) in [4.78, 5) is -0.614. The Bertz CT molecular complexity index is 571. The molecule has 1 N–H and O–H groups in total. The van der Waals surface area contributed by atoms with Crippen LogP contribution in [0.2, 0.25) is 0 Å². The van der Waals surface area contributed by atoms with Gasteiger partial charge in [0.2, 0.25) is 10.0 Å². The molecule has 0 bridgehead atoms. The zero-order valence-corrected chi connectivity index (χ0v) is 12.5. The van der Waals surface area contributed by atoms with Gasteiger partial charge < -0.3 is 5.11 Å². The lowest BCUT2D eigenvalue weighted by Crippen LogP contribution is -2.36. The molecule has 0 heterocycles. The first-order valence-electron chi connectivity index (χ1n) is 6.36. The molecule has 0 saturated heterocycles. The molecule has 0 aliphatic carbocycles. The molecule has 0 aliphatic rings. The Morgan fingerprint density at radius 3 is 2.25 bits per heavy atom. The molecular weight excluding hydrogens is 288 g/mol. The van der Waals surface area contributed by atoms with Crippen LogP contribution in [0.1, 0.15) is 32.3 Å². The number of aliphatic hydroxyl groups excluding tert-OH is 1. The number of sulfonamides is 1. The molecule has 0 saturated carbocycles. The molecule has 0 fully saturated rings. The van der Waals surface area contributed by atoms with Crippen LogP contribution < -0.4 is 0 Å². The number of aliphatic hydroxyl groups is 1. The molecule has 20 heavy (non-hydrogen) atoms. The van der Waals surface area contributed by atoms with Gasteiger partial charge in [-0.2, -0.15) is 4.31 Å². The van der Waals surface area contributed by atoms with Crippen molar-refractivity contribution in [2.24, 2.45) is 0 Å². The molecule has 114 valence electrons. The normalized spacial score (nSPS) is 12.4. The Balaban J connectivity index is 3.36. The highest BCUT2D eigenvalue weighted by Crippen LogP contribution is 2.25. The van der Waals surface area contributed by atoms with Crippen molar-refractivity contribution in [3.05, 3.63) is 29.3 Å². The van der Waals surface area contributed by atoms with Crippen LogP contribution >= 0.6 is 0 Å². The van der Waals surface area contributed by atoms with Crippen LogP contribution in [0.3, 0.4) is 0 Å². The molecule has 1 aromatic rings. The van der Waals surface area contributed by atoms with Gasteiger partial charge in [0, 0.05) is 13.1 Å². The molecule has 0 atom stereocenters. The lowest BCUT2D eigenvalue weighted by Gasteiger charge is -2.26. The molecule has 1 aromatic carbocycles. The second-order valence-corrected chi connectivity index (χ2v) is 6.45. The maximum atomic E-state index is 14.1. The number of rotatable bonds is 6. The highest BCUT2D eigenvalue weighted by Gasteiger charge is 2.30. The van der Waals surface area contributed by atoms with Crippen molar-refractivity contribution in [3.63, 3.8) is 0 Å². The van der Waals surface area contributed by atoms with Gasteiger partial charge in [0.1, 0.15) is 10.7 Å². The fraction of sp³-hybridized carbons (Fsp3) is 0.538. The monoisotopic (exact) mass is 307 g/mol. The first kappa shape index (κ1) is 17.0. The van der Waals surface area contributed by atoms with Gasteiger partial charge in [0.25, 0.3) is 0 Å². The first-order valence-corrected chi connectivity index (χ1v) is 7.80. The van der Waals surface area contributed by atoms with E-state index < -0.39 is 38.7 Å². The molecule has 1 rings (SSSR count). The summed E-state index contributed by atoms with van der Waals surface area (Å²) in [5, 5.41) is 8.94. The van der Waals surface area contributed by atoms with Crippen molar-refractivity contribution in [2.75, 3.05) is 7.05 Å². The summed E-state index contributed by atoms with van der Waals surface area (Å²) >= 11 is 0. The Morgan fingerprint density at radius 2 is 1.80 bits per heavy atom. The minimum Gasteiger partial charge on any atom is -0.391 e. The third-order valence-electron chi connectivity index (χ3n) is 3.42. The quantitative estimate of drug-likeness (QED) is 0.877. The Morgan fingerprint density at radius 1 is 1.25 bits per heavy atom. The summed E-state index contributed by atoms with van der Waals surface area (Å²) in [6.45, 7) is 2.77. The van der Waals surface area contributed by atoms with Crippen molar-refractivity contribution in [1.82, 2.24) is 4.31 Å². The largest absolute Gasteiger partial charge is 0.391 e. The van der Waals surface area contributed by atoms with E-state index in [9.17, 15) is 17.2 Å². The van der Waals surface area contributed by atoms with Gasteiger partial charge >= 0.3 is 0 Å². The second kappa shape index (κ2) is 6.60. The van der Waals surface area contributed by atoms with Crippen LogP contribution in [0.25, 0.3) is 0 Å². The van der Waals surface area contributed by atoms with Crippen LogP contribution in [-0.2, 0) is 16.6 Å². The van der Waals surface area contributed by atoms with Crippen molar-refractivity contribution >= 4 is 10.0 Å². The SMILES string of the molecule is CCC(CC)N(C)S(=O)(=O)c1ccc(F)c(CO)c1F. The van der Waals surface area contributed by atoms with Gasteiger partial charge in [0.05, 0.1) is 12.2 Å². The number of hydrogen-bond donors (Lipinski definition) is 1. The van der Waals surface area contributed by atoms with Gasteiger partial charge in [-0.15, -0.1) is 0 Å². The maximum Gasteiger partial charge on any atom is 0.245 e. The van der Waals surface area contributed by atoms with Crippen molar-refractivity contribution < 1.29 is 22.3 Å². The smallest absolute Gasteiger partial charge is 0.245 e. The minimum atomic E-state index is -4.06. The number of halogens is 2. The van der Waals surface area contributed by atoms with E-state index in [4.69, 9.17) is 5.11 Å². The Hall–Kier alpha value is -1.05. The van der Waals surface area contributed by atoms with Crippen LogP contribution in [0.5, 0.6) is 0 Å². The predicted molar refractivity (Wildman–Crippen MR) is 71.6 cm³/mol. The van der Waals surface area contributed by atoms with Crippen LogP contribution in [-0.4, -0.2) is 30.9 Å². The van der Waals surface area contributed by atoms with Crippen molar-refractivity contribution in [2.45, 2.75) is 44.2 Å². The zero-order valence-electron chi connectivity index (χ0n) is 11.7. The molecule has 4 nitrogen and oxygen atoms in total. The standard InChI is InChI=1S/C13H19F2NO3S/c1-4-9(5-2)16(3)20(18,19)12-7-6-11(14)10(8-17)13(12)15/h6-7,9,17H,4-5,8H2,1-3H3. The number of hydrogen-bond acceptors (Lipinski definition) is 3. The molecule has 7 heteroatoms. The zero-order chi connectivity index (χ0) is 15.5. The summed E-state index contributed by atoms with van der Waals surface area (Å²) in [7, 11) is -2.69. The van der Waals surface area contributed by atoms with E-state index in [0.29, 0.717) is 12.8 Å². The highest BCUT2D eigenvalue weighted by molar-refractivity contribution is 7.89. The molecule has 0 amide bonds. The van der Waals surface area contributed by atoms with E-state index in [1.807, 2.05) is 13.8 Å². The van der Waals surface area contributed by atoms with Gasteiger partial charge in [-0.1, -0.05) is 13.8 Å². The van der Waals surface area contributed by atoms with E-state index in [-0.39, 0.29) is 6.04 Å². The summed E-state index contributed by atoms with van der Waals surface area (Å²) < 4.78 is 53.2. The van der Waals surface area contributed by atoms with E-state index in [0.717, 1.165) is 16.4 Å². The lowest BCUT2D eigenvalue weighted by molar-refractivity contribution is 0.267. The maximum absolute atomic E-state index is 14.1. The molecular formula is C13H19F2NO3S. The highest BCUT2D eigenvalue weighted by atomic mass is 32.2. The summed E-state index contributed by atoms with van der Waals surface area (Å²) in [5.74, 6) is -2.19. The topological polar surface area (TPSA) is 57.6 Å². The van der Waals surface area contributed by atoms with Crippen LogP contribution in [0, 0.1) is 11.6 Å². The third kappa shape index (κ3) is 2.99. The van der Waals surface area contributed by atoms with Crippen molar-refractivity contribution in [3.8, 4) is 0 Å². The fourth-order valence-electron chi connectivity index (χ4n) is 2.07. The predicted octanol–water partition coefficient (Wildman–Crippen LogP) is 2.27. The fourth-order valence-corrected chi connectivity index (χ4v) is 3.67. The van der Waals surface area contributed by atoms with E-state index in [1.54, 1.807) is 0 Å². The number of benzene rings is 1.